The second-order valence-electron chi connectivity index (χ2n) is 5.74. The number of benzene rings is 3. The molecule has 0 aliphatic rings. The summed E-state index contributed by atoms with van der Waals surface area (Å²) in [6, 6.07) is 21.7. The van der Waals surface area contributed by atoms with E-state index in [0.717, 1.165) is 34.2 Å². The van der Waals surface area contributed by atoms with Crippen LogP contribution in [0.1, 0.15) is 18.9 Å². The fourth-order valence-electron chi connectivity index (χ4n) is 2.71. The van der Waals surface area contributed by atoms with Gasteiger partial charge in [0.15, 0.2) is 0 Å². The molecule has 24 heavy (non-hydrogen) atoms. The summed E-state index contributed by atoms with van der Waals surface area (Å²) < 4.78 is 5.60. The van der Waals surface area contributed by atoms with Gasteiger partial charge in [-0.1, -0.05) is 55.5 Å². The third kappa shape index (κ3) is 3.93. The van der Waals surface area contributed by atoms with Crippen molar-refractivity contribution in [3.05, 3.63) is 72.3 Å². The molecule has 0 fully saturated rings. The summed E-state index contributed by atoms with van der Waals surface area (Å²) >= 11 is 0. The van der Waals surface area contributed by atoms with Crippen LogP contribution in [0.15, 0.2) is 66.7 Å². The van der Waals surface area contributed by atoms with Gasteiger partial charge in [0.1, 0.15) is 5.75 Å². The number of hydrogen-bond donors (Lipinski definition) is 1. The molecule has 0 bridgehead atoms. The lowest BCUT2D eigenvalue weighted by molar-refractivity contribution is -0.115. The number of nitrogens with one attached hydrogen (secondary N) is 1. The molecular weight excluding hydrogens is 298 g/mol. The van der Waals surface area contributed by atoms with E-state index in [2.05, 4.69) is 30.4 Å². The van der Waals surface area contributed by atoms with Crippen LogP contribution in [-0.4, -0.2) is 12.5 Å². The highest BCUT2D eigenvalue weighted by molar-refractivity contribution is 5.96. The molecule has 0 atom stereocenters. The van der Waals surface area contributed by atoms with Crippen LogP contribution in [0, 0.1) is 0 Å². The molecular formula is C21H21NO2. The predicted octanol–water partition coefficient (Wildman–Crippen LogP) is 4.81. The van der Waals surface area contributed by atoms with Crippen molar-refractivity contribution in [2.24, 2.45) is 0 Å². The zero-order valence-corrected chi connectivity index (χ0v) is 13.8. The molecule has 0 saturated carbocycles. The topological polar surface area (TPSA) is 38.3 Å². The minimum Gasteiger partial charge on any atom is -0.494 e. The van der Waals surface area contributed by atoms with Crippen molar-refractivity contribution in [2.75, 3.05) is 11.9 Å². The molecule has 0 aliphatic heterocycles. The number of fused-ring (bicyclic) bond motifs is 1. The Morgan fingerprint density at radius 1 is 1.00 bits per heavy atom. The second kappa shape index (κ2) is 7.64. The van der Waals surface area contributed by atoms with Crippen molar-refractivity contribution in [3.63, 3.8) is 0 Å². The van der Waals surface area contributed by atoms with E-state index in [0.29, 0.717) is 13.0 Å². The minimum absolute atomic E-state index is 0.0287. The Morgan fingerprint density at radius 2 is 1.79 bits per heavy atom. The average Bonchev–Trinajstić information content (AvgIpc) is 2.60. The van der Waals surface area contributed by atoms with Crippen molar-refractivity contribution in [2.45, 2.75) is 19.8 Å². The average molecular weight is 319 g/mol. The smallest absolute Gasteiger partial charge is 0.228 e. The SMILES string of the molecule is CCCOc1cccc(NC(=O)Cc2cccc3ccccc23)c1. The first-order valence-corrected chi connectivity index (χ1v) is 8.25. The summed E-state index contributed by atoms with van der Waals surface area (Å²) in [5, 5.41) is 5.22. The van der Waals surface area contributed by atoms with Gasteiger partial charge < -0.3 is 10.1 Å². The standard InChI is InChI=1S/C21H21NO2/c1-2-13-24-19-11-6-10-18(15-19)22-21(23)14-17-9-5-8-16-7-3-4-12-20(16)17/h3-12,15H,2,13-14H2,1H3,(H,22,23). The molecule has 0 spiro atoms. The predicted molar refractivity (Wildman–Crippen MR) is 98.5 cm³/mol. The second-order valence-corrected chi connectivity index (χ2v) is 5.74. The zero-order valence-electron chi connectivity index (χ0n) is 13.8. The number of amides is 1. The van der Waals surface area contributed by atoms with Crippen LogP contribution in [0.5, 0.6) is 5.75 Å². The number of anilines is 1. The number of rotatable bonds is 6. The van der Waals surface area contributed by atoms with Crippen LogP contribution in [0.4, 0.5) is 5.69 Å². The van der Waals surface area contributed by atoms with E-state index in [1.165, 1.54) is 0 Å². The number of carbonyl (C=O) groups is 1. The molecule has 3 aromatic rings. The Kier molecular flexibility index (Phi) is 5.12. The van der Waals surface area contributed by atoms with Crippen LogP contribution in [0.2, 0.25) is 0 Å². The van der Waals surface area contributed by atoms with Gasteiger partial charge in [-0.2, -0.15) is 0 Å². The fourth-order valence-corrected chi connectivity index (χ4v) is 2.71. The van der Waals surface area contributed by atoms with Gasteiger partial charge in [0.25, 0.3) is 0 Å². The Bertz CT molecular complexity index is 837. The highest BCUT2D eigenvalue weighted by atomic mass is 16.5. The molecule has 122 valence electrons. The summed E-state index contributed by atoms with van der Waals surface area (Å²) in [5.74, 6) is 0.749. The van der Waals surface area contributed by atoms with Gasteiger partial charge in [-0.3, -0.25) is 4.79 Å². The molecule has 0 radical (unpaired) electrons. The van der Waals surface area contributed by atoms with Crippen LogP contribution >= 0.6 is 0 Å². The zero-order chi connectivity index (χ0) is 16.8. The van der Waals surface area contributed by atoms with Crippen LogP contribution in [-0.2, 0) is 11.2 Å². The van der Waals surface area contributed by atoms with Crippen molar-refractivity contribution in [1.29, 1.82) is 0 Å². The summed E-state index contributed by atoms with van der Waals surface area (Å²) in [6.45, 7) is 2.74. The van der Waals surface area contributed by atoms with Gasteiger partial charge in [-0.05, 0) is 34.9 Å². The molecule has 0 saturated heterocycles. The summed E-state index contributed by atoms with van der Waals surface area (Å²) in [6.07, 6.45) is 1.30. The van der Waals surface area contributed by atoms with Gasteiger partial charge in [0.2, 0.25) is 5.91 Å². The van der Waals surface area contributed by atoms with Crippen LogP contribution < -0.4 is 10.1 Å². The van der Waals surface area contributed by atoms with Gasteiger partial charge in [0, 0.05) is 11.8 Å². The molecule has 0 aromatic heterocycles. The quantitative estimate of drug-likeness (QED) is 0.708. The summed E-state index contributed by atoms with van der Waals surface area (Å²) in [7, 11) is 0. The maximum atomic E-state index is 12.4. The summed E-state index contributed by atoms with van der Waals surface area (Å²) in [5.41, 5.74) is 1.79. The third-order valence-electron chi connectivity index (χ3n) is 3.82. The first kappa shape index (κ1) is 16.1. The van der Waals surface area contributed by atoms with E-state index in [1.54, 1.807) is 0 Å². The molecule has 1 amide bonds. The Hall–Kier alpha value is -2.81. The van der Waals surface area contributed by atoms with Gasteiger partial charge >= 0.3 is 0 Å². The number of ether oxygens (including phenoxy) is 1. The molecule has 3 nitrogen and oxygen atoms in total. The van der Waals surface area contributed by atoms with Gasteiger partial charge in [-0.15, -0.1) is 0 Å². The number of hydrogen-bond acceptors (Lipinski definition) is 2. The van der Waals surface area contributed by atoms with Crippen molar-refractivity contribution in [3.8, 4) is 5.75 Å². The lowest BCUT2D eigenvalue weighted by atomic mass is 10.0. The van der Waals surface area contributed by atoms with Gasteiger partial charge in [-0.25, -0.2) is 0 Å². The highest BCUT2D eigenvalue weighted by Gasteiger charge is 2.08. The maximum absolute atomic E-state index is 12.4. The lowest BCUT2D eigenvalue weighted by Crippen LogP contribution is -2.14. The summed E-state index contributed by atoms with van der Waals surface area (Å²) in [4.78, 5) is 12.4. The van der Waals surface area contributed by atoms with Crippen LogP contribution in [0.3, 0.4) is 0 Å². The monoisotopic (exact) mass is 319 g/mol. The van der Waals surface area contributed by atoms with E-state index >= 15 is 0 Å². The van der Waals surface area contributed by atoms with Crippen molar-refractivity contribution >= 4 is 22.4 Å². The molecule has 0 heterocycles. The lowest BCUT2D eigenvalue weighted by Gasteiger charge is -2.10. The Morgan fingerprint density at radius 3 is 2.67 bits per heavy atom. The molecule has 3 heteroatoms. The fraction of sp³-hybridized carbons (Fsp3) is 0.190. The molecule has 1 N–H and O–H groups in total. The highest BCUT2D eigenvalue weighted by Crippen LogP contribution is 2.21. The van der Waals surface area contributed by atoms with E-state index in [9.17, 15) is 4.79 Å². The molecule has 0 aliphatic carbocycles. The van der Waals surface area contributed by atoms with E-state index in [-0.39, 0.29) is 5.91 Å². The van der Waals surface area contributed by atoms with Crippen molar-refractivity contribution < 1.29 is 9.53 Å². The van der Waals surface area contributed by atoms with E-state index in [1.807, 2.05) is 48.5 Å². The Balaban J connectivity index is 1.71. The van der Waals surface area contributed by atoms with Crippen molar-refractivity contribution in [1.82, 2.24) is 0 Å². The first-order chi connectivity index (χ1) is 11.8. The van der Waals surface area contributed by atoms with Crippen LogP contribution in [0.25, 0.3) is 10.8 Å². The number of carbonyl (C=O) groups excluding carboxylic acids is 1. The molecule has 3 rings (SSSR count). The normalized spacial score (nSPS) is 10.5. The first-order valence-electron chi connectivity index (χ1n) is 8.25. The Labute approximate surface area is 142 Å². The molecule has 3 aromatic carbocycles. The van der Waals surface area contributed by atoms with Gasteiger partial charge in [0.05, 0.1) is 13.0 Å². The van der Waals surface area contributed by atoms with E-state index in [4.69, 9.17) is 4.74 Å². The van der Waals surface area contributed by atoms with E-state index < -0.39 is 0 Å². The minimum atomic E-state index is -0.0287. The largest absolute Gasteiger partial charge is 0.494 e. The molecule has 0 unspecified atom stereocenters. The maximum Gasteiger partial charge on any atom is 0.228 e. The third-order valence-corrected chi connectivity index (χ3v) is 3.82.